The summed E-state index contributed by atoms with van der Waals surface area (Å²) in [6.45, 7) is 0.960. The van der Waals surface area contributed by atoms with Crippen LogP contribution in [-0.2, 0) is 9.53 Å². The lowest BCUT2D eigenvalue weighted by Crippen LogP contribution is -2.46. The lowest BCUT2D eigenvalue weighted by molar-refractivity contribution is -0.141. The molecule has 3 N–H and O–H groups in total. The molecule has 2 aromatic carbocycles. The summed E-state index contributed by atoms with van der Waals surface area (Å²) >= 11 is 0. The zero-order valence-electron chi connectivity index (χ0n) is 15.1. The zero-order valence-corrected chi connectivity index (χ0v) is 15.1. The third-order valence-corrected chi connectivity index (χ3v) is 4.25. The Bertz CT molecular complexity index is 839. The van der Waals surface area contributed by atoms with Crippen molar-refractivity contribution >= 4 is 29.3 Å². The number of nitrogens with zero attached hydrogens (tertiary/aromatic N) is 1. The number of rotatable bonds is 5. The molecule has 1 unspecified atom stereocenters. The molecule has 146 valence electrons. The van der Waals surface area contributed by atoms with Crippen LogP contribution in [0.3, 0.4) is 0 Å². The van der Waals surface area contributed by atoms with E-state index in [0.717, 1.165) is 0 Å². The van der Waals surface area contributed by atoms with E-state index in [1.807, 2.05) is 18.2 Å². The van der Waals surface area contributed by atoms with E-state index in [1.165, 1.54) is 0 Å². The molecule has 0 aromatic heterocycles. The van der Waals surface area contributed by atoms with Gasteiger partial charge >= 0.3 is 12.0 Å². The number of urea groups is 1. The SMILES string of the molecule is O=C(O)CC1CN(C(=O)c2ccc(NC(=O)Nc3ccccc3)cc2)CCO1. The van der Waals surface area contributed by atoms with Gasteiger partial charge in [0.2, 0.25) is 0 Å². The van der Waals surface area contributed by atoms with E-state index >= 15 is 0 Å². The molecule has 3 rings (SSSR count). The van der Waals surface area contributed by atoms with Gasteiger partial charge in [-0.3, -0.25) is 9.59 Å². The van der Waals surface area contributed by atoms with Crippen LogP contribution >= 0.6 is 0 Å². The number of ether oxygens (including phenoxy) is 1. The number of anilines is 2. The Kier molecular flexibility index (Phi) is 6.23. The Morgan fingerprint density at radius 1 is 1.00 bits per heavy atom. The zero-order chi connectivity index (χ0) is 19.9. The average Bonchev–Trinajstić information content (AvgIpc) is 2.68. The highest BCUT2D eigenvalue weighted by Crippen LogP contribution is 2.16. The summed E-state index contributed by atoms with van der Waals surface area (Å²) in [6, 6.07) is 15.2. The smallest absolute Gasteiger partial charge is 0.323 e. The molecular weight excluding hydrogens is 362 g/mol. The van der Waals surface area contributed by atoms with Gasteiger partial charge in [0.15, 0.2) is 0 Å². The largest absolute Gasteiger partial charge is 0.481 e. The highest BCUT2D eigenvalue weighted by Gasteiger charge is 2.26. The fourth-order valence-electron chi connectivity index (χ4n) is 2.92. The van der Waals surface area contributed by atoms with Crippen molar-refractivity contribution in [1.29, 1.82) is 0 Å². The predicted octanol–water partition coefficient (Wildman–Crippen LogP) is 2.65. The molecule has 0 spiro atoms. The number of benzene rings is 2. The lowest BCUT2D eigenvalue weighted by atomic mass is 10.1. The number of hydrogen-bond donors (Lipinski definition) is 3. The van der Waals surface area contributed by atoms with E-state index in [-0.39, 0.29) is 24.9 Å². The van der Waals surface area contributed by atoms with Gasteiger partial charge in [-0.2, -0.15) is 0 Å². The first-order valence-corrected chi connectivity index (χ1v) is 8.87. The number of hydrogen-bond acceptors (Lipinski definition) is 4. The van der Waals surface area contributed by atoms with Crippen molar-refractivity contribution in [2.24, 2.45) is 0 Å². The summed E-state index contributed by atoms with van der Waals surface area (Å²) < 4.78 is 5.39. The Morgan fingerprint density at radius 3 is 2.29 bits per heavy atom. The van der Waals surface area contributed by atoms with Gasteiger partial charge in [-0.1, -0.05) is 18.2 Å². The van der Waals surface area contributed by atoms with Crippen LogP contribution in [0.4, 0.5) is 16.2 Å². The molecule has 0 aliphatic carbocycles. The van der Waals surface area contributed by atoms with Crippen LogP contribution in [0.2, 0.25) is 0 Å². The number of nitrogens with one attached hydrogen (secondary N) is 2. The molecule has 1 saturated heterocycles. The highest BCUT2D eigenvalue weighted by atomic mass is 16.5. The van der Waals surface area contributed by atoms with Gasteiger partial charge in [0, 0.05) is 30.0 Å². The maximum Gasteiger partial charge on any atom is 0.323 e. The molecule has 0 saturated carbocycles. The molecule has 1 aliphatic heterocycles. The molecule has 1 atom stereocenters. The molecule has 1 fully saturated rings. The Morgan fingerprint density at radius 2 is 1.64 bits per heavy atom. The van der Waals surface area contributed by atoms with Crippen molar-refractivity contribution in [2.45, 2.75) is 12.5 Å². The van der Waals surface area contributed by atoms with Crippen LogP contribution in [0.15, 0.2) is 54.6 Å². The van der Waals surface area contributed by atoms with Crippen molar-refractivity contribution in [3.63, 3.8) is 0 Å². The summed E-state index contributed by atoms with van der Waals surface area (Å²) in [5, 5.41) is 14.3. The first kappa shape index (κ1) is 19.4. The van der Waals surface area contributed by atoms with E-state index < -0.39 is 12.1 Å². The number of aliphatic carboxylic acids is 1. The van der Waals surface area contributed by atoms with Gasteiger partial charge in [0.25, 0.3) is 5.91 Å². The Hall–Kier alpha value is -3.39. The van der Waals surface area contributed by atoms with E-state index in [0.29, 0.717) is 30.1 Å². The van der Waals surface area contributed by atoms with E-state index in [2.05, 4.69) is 10.6 Å². The van der Waals surface area contributed by atoms with Crippen LogP contribution in [-0.4, -0.2) is 53.7 Å². The van der Waals surface area contributed by atoms with Gasteiger partial charge in [-0.25, -0.2) is 4.79 Å². The first-order valence-electron chi connectivity index (χ1n) is 8.87. The number of amides is 3. The van der Waals surface area contributed by atoms with Crippen molar-refractivity contribution in [1.82, 2.24) is 4.90 Å². The quantitative estimate of drug-likeness (QED) is 0.736. The topological polar surface area (TPSA) is 108 Å². The summed E-state index contributed by atoms with van der Waals surface area (Å²) in [6.07, 6.45) is -0.638. The van der Waals surface area contributed by atoms with Crippen molar-refractivity contribution < 1.29 is 24.2 Å². The predicted molar refractivity (Wildman–Crippen MR) is 103 cm³/mol. The fourth-order valence-corrected chi connectivity index (χ4v) is 2.92. The molecule has 2 aromatic rings. The van der Waals surface area contributed by atoms with Crippen LogP contribution in [0.5, 0.6) is 0 Å². The molecule has 28 heavy (non-hydrogen) atoms. The van der Waals surface area contributed by atoms with E-state index in [4.69, 9.17) is 9.84 Å². The lowest BCUT2D eigenvalue weighted by Gasteiger charge is -2.32. The maximum absolute atomic E-state index is 12.6. The second kappa shape index (κ2) is 9.01. The monoisotopic (exact) mass is 383 g/mol. The first-order chi connectivity index (χ1) is 13.5. The summed E-state index contributed by atoms with van der Waals surface area (Å²) in [7, 11) is 0. The molecule has 1 aliphatic rings. The fraction of sp³-hybridized carbons (Fsp3) is 0.250. The minimum atomic E-state index is -0.955. The Balaban J connectivity index is 1.56. The van der Waals surface area contributed by atoms with Crippen molar-refractivity contribution in [2.75, 3.05) is 30.3 Å². The highest BCUT2D eigenvalue weighted by molar-refractivity contribution is 6.00. The summed E-state index contributed by atoms with van der Waals surface area (Å²) in [5.41, 5.74) is 1.69. The number of carbonyl (C=O) groups excluding carboxylic acids is 2. The standard InChI is InChI=1S/C20H21N3O5/c24-18(25)12-17-13-23(10-11-28-17)19(26)14-6-8-16(9-7-14)22-20(27)21-15-4-2-1-3-5-15/h1-9,17H,10-13H2,(H,24,25)(H2,21,22,27). The molecule has 8 heteroatoms. The number of para-hydroxylation sites is 1. The van der Waals surface area contributed by atoms with Crippen molar-refractivity contribution in [3.8, 4) is 0 Å². The minimum Gasteiger partial charge on any atom is -0.481 e. The van der Waals surface area contributed by atoms with Gasteiger partial charge < -0.3 is 25.4 Å². The van der Waals surface area contributed by atoms with E-state index in [9.17, 15) is 14.4 Å². The van der Waals surface area contributed by atoms with Crippen LogP contribution < -0.4 is 10.6 Å². The van der Waals surface area contributed by atoms with Gasteiger partial charge in [0.05, 0.1) is 19.1 Å². The normalized spacial score (nSPS) is 16.3. The maximum atomic E-state index is 12.6. The molecule has 1 heterocycles. The Labute approximate surface area is 162 Å². The van der Waals surface area contributed by atoms with Crippen LogP contribution in [0, 0.1) is 0 Å². The second-order valence-electron chi connectivity index (χ2n) is 6.36. The number of carbonyl (C=O) groups is 3. The summed E-state index contributed by atoms with van der Waals surface area (Å²) in [4.78, 5) is 37.1. The second-order valence-corrected chi connectivity index (χ2v) is 6.36. The van der Waals surface area contributed by atoms with Crippen LogP contribution in [0.25, 0.3) is 0 Å². The van der Waals surface area contributed by atoms with Gasteiger partial charge in [-0.05, 0) is 36.4 Å². The molecule has 0 radical (unpaired) electrons. The average molecular weight is 383 g/mol. The number of carboxylic acids is 1. The number of carboxylic acid groups (broad SMARTS) is 1. The van der Waals surface area contributed by atoms with Gasteiger partial charge in [0.1, 0.15) is 0 Å². The van der Waals surface area contributed by atoms with E-state index in [1.54, 1.807) is 41.3 Å². The minimum absolute atomic E-state index is 0.136. The van der Waals surface area contributed by atoms with Gasteiger partial charge in [-0.15, -0.1) is 0 Å². The third kappa shape index (κ3) is 5.31. The third-order valence-electron chi connectivity index (χ3n) is 4.25. The number of morpholine rings is 1. The molecule has 0 bridgehead atoms. The molecular formula is C20H21N3O5. The van der Waals surface area contributed by atoms with Crippen LogP contribution in [0.1, 0.15) is 16.8 Å². The summed E-state index contributed by atoms with van der Waals surface area (Å²) in [5.74, 6) is -1.15. The molecule has 8 nitrogen and oxygen atoms in total. The van der Waals surface area contributed by atoms with Crippen molar-refractivity contribution in [3.05, 3.63) is 60.2 Å². The molecule has 3 amide bonds.